The summed E-state index contributed by atoms with van der Waals surface area (Å²) < 4.78 is 0. The average Bonchev–Trinajstić information content (AvgIpc) is 3.23. The summed E-state index contributed by atoms with van der Waals surface area (Å²) in [6.45, 7) is 0.820. The highest BCUT2D eigenvalue weighted by molar-refractivity contribution is 6.28. The number of hydrogen-bond donors (Lipinski definition) is 2. The molecular weight excluding hydrogens is 288 g/mol. The first kappa shape index (κ1) is 14.2. The Hall–Kier alpha value is -2.40. The lowest BCUT2D eigenvalue weighted by Gasteiger charge is -2.10. The summed E-state index contributed by atoms with van der Waals surface area (Å²) in [5.74, 6) is 0.350. The van der Waals surface area contributed by atoms with E-state index >= 15 is 0 Å². The Morgan fingerprint density at radius 2 is 2.09 bits per heavy atom. The van der Waals surface area contributed by atoms with E-state index in [1.54, 1.807) is 0 Å². The molecule has 1 aliphatic heterocycles. The van der Waals surface area contributed by atoms with Crippen molar-refractivity contribution in [3.8, 4) is 0 Å². The minimum absolute atomic E-state index is 0.0960. The fourth-order valence-electron chi connectivity index (χ4n) is 3.13. The molecule has 5 nitrogen and oxygen atoms in total. The van der Waals surface area contributed by atoms with Crippen molar-refractivity contribution in [1.29, 1.82) is 0 Å². The average molecular weight is 308 g/mol. The fourth-order valence-corrected chi connectivity index (χ4v) is 3.13. The molecule has 1 aromatic heterocycles. The molecule has 4 rings (SSSR count). The number of aromatic amines is 1. The number of carbonyl (C=O) groups is 1. The second-order valence-corrected chi connectivity index (χ2v) is 6.57. The molecule has 2 aliphatic rings. The second-order valence-electron chi connectivity index (χ2n) is 6.57. The monoisotopic (exact) mass is 308 g/mol. The first-order valence-electron chi connectivity index (χ1n) is 7.98. The third-order valence-corrected chi connectivity index (χ3v) is 4.37. The van der Waals surface area contributed by atoms with Gasteiger partial charge >= 0.3 is 0 Å². The molecule has 1 fully saturated rings. The minimum Gasteiger partial charge on any atom is -0.355 e. The van der Waals surface area contributed by atoms with Gasteiger partial charge in [-0.1, -0.05) is 18.2 Å². The standard InChI is InChI=1S/C18H20N4O/c1-22(2)10-14-12-5-3-4-6-15(12)19-16(14)9-13-17(11-7-8-11)20-21-18(13)23/h3-6,9,11,19H,7-8,10H2,1-2H3,(H,21,23)/b13-9-. The van der Waals surface area contributed by atoms with Crippen LogP contribution in [-0.4, -0.2) is 35.6 Å². The predicted octanol–water partition coefficient (Wildman–Crippen LogP) is 2.51. The SMILES string of the molecule is CN(C)Cc1c(/C=C2\C(=O)NN=C2C2CC2)[nH]c2ccccc12. The largest absolute Gasteiger partial charge is 0.355 e. The van der Waals surface area contributed by atoms with E-state index in [1.165, 1.54) is 10.9 Å². The highest BCUT2D eigenvalue weighted by Crippen LogP contribution is 2.36. The number of hydrogen-bond acceptors (Lipinski definition) is 3. The van der Waals surface area contributed by atoms with E-state index in [-0.39, 0.29) is 5.91 Å². The van der Waals surface area contributed by atoms with E-state index in [2.05, 4.69) is 46.6 Å². The number of carbonyl (C=O) groups excluding carboxylic acids is 1. The lowest BCUT2D eigenvalue weighted by Crippen LogP contribution is -2.14. The quantitative estimate of drug-likeness (QED) is 0.853. The van der Waals surface area contributed by atoms with E-state index < -0.39 is 0 Å². The van der Waals surface area contributed by atoms with Gasteiger partial charge < -0.3 is 9.88 Å². The Bertz CT molecular complexity index is 840. The van der Waals surface area contributed by atoms with Gasteiger partial charge in [-0.2, -0.15) is 5.10 Å². The van der Waals surface area contributed by atoms with Crippen LogP contribution in [0.4, 0.5) is 0 Å². The van der Waals surface area contributed by atoms with Gasteiger partial charge in [-0.05, 0) is 44.6 Å². The van der Waals surface area contributed by atoms with Crippen molar-refractivity contribution in [3.63, 3.8) is 0 Å². The maximum atomic E-state index is 12.2. The molecule has 0 atom stereocenters. The van der Waals surface area contributed by atoms with Gasteiger partial charge in [-0.15, -0.1) is 0 Å². The molecular formula is C18H20N4O. The van der Waals surface area contributed by atoms with E-state index in [0.29, 0.717) is 11.5 Å². The van der Waals surface area contributed by atoms with E-state index in [0.717, 1.165) is 36.3 Å². The Morgan fingerprint density at radius 1 is 1.30 bits per heavy atom. The Labute approximate surface area is 135 Å². The number of benzene rings is 1. The smallest absolute Gasteiger partial charge is 0.273 e. The van der Waals surface area contributed by atoms with Gasteiger partial charge in [0, 0.05) is 29.1 Å². The third-order valence-electron chi connectivity index (χ3n) is 4.37. The van der Waals surface area contributed by atoms with Crippen molar-refractivity contribution < 1.29 is 4.79 Å². The van der Waals surface area contributed by atoms with Gasteiger partial charge in [-0.3, -0.25) is 4.79 Å². The fraction of sp³-hybridized carbons (Fsp3) is 0.333. The van der Waals surface area contributed by atoms with Crippen LogP contribution in [0.2, 0.25) is 0 Å². The van der Waals surface area contributed by atoms with Crippen LogP contribution in [0.15, 0.2) is 34.9 Å². The molecule has 0 spiro atoms. The third kappa shape index (κ3) is 2.57. The first-order valence-corrected chi connectivity index (χ1v) is 7.98. The normalized spacial score (nSPS) is 19.7. The van der Waals surface area contributed by atoms with Gasteiger partial charge in [0.1, 0.15) is 0 Å². The number of para-hydroxylation sites is 1. The van der Waals surface area contributed by atoms with Gasteiger partial charge in [0.05, 0.1) is 11.3 Å². The van der Waals surface area contributed by atoms with Crippen LogP contribution in [0.1, 0.15) is 24.1 Å². The van der Waals surface area contributed by atoms with Crippen LogP contribution < -0.4 is 5.43 Å². The lowest BCUT2D eigenvalue weighted by molar-refractivity contribution is -0.116. The Kier molecular flexibility index (Phi) is 3.31. The van der Waals surface area contributed by atoms with Gasteiger partial charge in [0.15, 0.2) is 0 Å². The summed E-state index contributed by atoms with van der Waals surface area (Å²) in [4.78, 5) is 17.8. The Balaban J connectivity index is 1.83. The zero-order valence-corrected chi connectivity index (χ0v) is 13.4. The van der Waals surface area contributed by atoms with Crippen molar-refractivity contribution in [2.75, 3.05) is 14.1 Å². The number of nitrogens with zero attached hydrogens (tertiary/aromatic N) is 2. The predicted molar refractivity (Wildman–Crippen MR) is 92.0 cm³/mol. The summed E-state index contributed by atoms with van der Waals surface area (Å²) in [5.41, 5.74) is 7.55. The number of hydrazone groups is 1. The molecule has 23 heavy (non-hydrogen) atoms. The van der Waals surface area contributed by atoms with Gasteiger partial charge in [0.25, 0.3) is 5.91 Å². The van der Waals surface area contributed by atoms with E-state index in [4.69, 9.17) is 0 Å². The number of nitrogens with one attached hydrogen (secondary N) is 2. The summed E-state index contributed by atoms with van der Waals surface area (Å²) >= 11 is 0. The highest BCUT2D eigenvalue weighted by Gasteiger charge is 2.36. The van der Waals surface area contributed by atoms with Crippen molar-refractivity contribution in [1.82, 2.24) is 15.3 Å². The molecule has 1 saturated carbocycles. The molecule has 0 unspecified atom stereocenters. The van der Waals surface area contributed by atoms with E-state index in [1.807, 2.05) is 18.2 Å². The minimum atomic E-state index is -0.0960. The van der Waals surface area contributed by atoms with Crippen molar-refractivity contribution in [2.24, 2.45) is 11.0 Å². The molecule has 0 bridgehead atoms. The molecule has 1 aliphatic carbocycles. The first-order chi connectivity index (χ1) is 11.1. The molecule has 2 N–H and O–H groups in total. The second kappa shape index (κ2) is 5.35. The van der Waals surface area contributed by atoms with Crippen LogP contribution in [0.3, 0.4) is 0 Å². The molecule has 1 aromatic carbocycles. The molecule has 118 valence electrons. The lowest BCUT2D eigenvalue weighted by atomic mass is 10.0. The van der Waals surface area contributed by atoms with Crippen LogP contribution in [0, 0.1) is 5.92 Å². The summed E-state index contributed by atoms with van der Waals surface area (Å²) in [7, 11) is 4.11. The summed E-state index contributed by atoms with van der Waals surface area (Å²) in [6, 6.07) is 8.26. The van der Waals surface area contributed by atoms with Crippen molar-refractivity contribution >= 4 is 28.6 Å². The summed E-state index contributed by atoms with van der Waals surface area (Å²) in [6.07, 6.45) is 4.23. The van der Waals surface area contributed by atoms with Gasteiger partial charge in [0.2, 0.25) is 0 Å². The number of fused-ring (bicyclic) bond motifs is 1. The zero-order valence-electron chi connectivity index (χ0n) is 13.4. The van der Waals surface area contributed by atoms with Crippen molar-refractivity contribution in [2.45, 2.75) is 19.4 Å². The molecule has 0 radical (unpaired) electrons. The van der Waals surface area contributed by atoms with Crippen molar-refractivity contribution in [3.05, 3.63) is 41.1 Å². The molecule has 0 saturated heterocycles. The van der Waals surface area contributed by atoms with Crippen LogP contribution >= 0.6 is 0 Å². The molecule has 2 heterocycles. The Morgan fingerprint density at radius 3 is 2.83 bits per heavy atom. The van der Waals surface area contributed by atoms with E-state index in [9.17, 15) is 4.79 Å². The number of rotatable bonds is 4. The highest BCUT2D eigenvalue weighted by atomic mass is 16.2. The van der Waals surface area contributed by atoms with Gasteiger partial charge in [-0.25, -0.2) is 5.43 Å². The summed E-state index contributed by atoms with van der Waals surface area (Å²) in [5, 5.41) is 5.43. The number of H-pyrrole nitrogens is 1. The van der Waals surface area contributed by atoms with Crippen LogP contribution in [0.25, 0.3) is 17.0 Å². The maximum Gasteiger partial charge on any atom is 0.273 e. The maximum absolute atomic E-state index is 12.2. The number of aromatic nitrogens is 1. The topological polar surface area (TPSA) is 60.5 Å². The molecule has 2 aromatic rings. The number of amides is 1. The van der Waals surface area contributed by atoms with Crippen LogP contribution in [-0.2, 0) is 11.3 Å². The molecule has 1 amide bonds. The zero-order chi connectivity index (χ0) is 16.0. The molecule has 5 heteroatoms. The van der Waals surface area contributed by atoms with Crippen LogP contribution in [0.5, 0.6) is 0 Å².